The largest absolute Gasteiger partial charge is 0.316 e. The average Bonchev–Trinajstić information content (AvgIpc) is 2.12. The Bertz CT molecular complexity index is 181. The third kappa shape index (κ3) is 2.31. The second kappa shape index (κ2) is 4.23. The first-order chi connectivity index (χ1) is 6.36. The molecule has 74 valence electrons. The Hall–Kier alpha value is -0.370. The maximum Gasteiger partial charge on any atom is 0.137 e. The standard InChI is InChI=1S/C11H19NO/c13-11(7-9-3-1-4-9)10-5-2-6-12-8-10/h9-10,12H,1-8H2. The predicted molar refractivity (Wildman–Crippen MR) is 52.6 cm³/mol. The number of hydrogen-bond donors (Lipinski definition) is 1. The normalized spacial score (nSPS) is 29.7. The molecule has 2 nitrogen and oxygen atoms in total. The molecular weight excluding hydrogens is 162 g/mol. The van der Waals surface area contributed by atoms with Crippen LogP contribution in [-0.4, -0.2) is 18.9 Å². The topological polar surface area (TPSA) is 29.1 Å². The van der Waals surface area contributed by atoms with E-state index >= 15 is 0 Å². The van der Waals surface area contributed by atoms with E-state index in [-0.39, 0.29) is 0 Å². The Labute approximate surface area is 80.1 Å². The van der Waals surface area contributed by atoms with Crippen molar-refractivity contribution in [3.05, 3.63) is 0 Å². The number of ketones is 1. The molecule has 1 aliphatic heterocycles. The highest BCUT2D eigenvalue weighted by atomic mass is 16.1. The third-order valence-electron chi connectivity index (χ3n) is 3.47. The Morgan fingerprint density at radius 2 is 2.08 bits per heavy atom. The monoisotopic (exact) mass is 181 g/mol. The Balaban J connectivity index is 1.74. The van der Waals surface area contributed by atoms with E-state index in [1.165, 1.54) is 25.7 Å². The summed E-state index contributed by atoms with van der Waals surface area (Å²) in [6.07, 6.45) is 7.12. The van der Waals surface area contributed by atoms with E-state index in [0.29, 0.717) is 11.7 Å². The molecule has 1 atom stereocenters. The number of nitrogens with one attached hydrogen (secondary N) is 1. The van der Waals surface area contributed by atoms with Crippen molar-refractivity contribution in [2.75, 3.05) is 13.1 Å². The van der Waals surface area contributed by atoms with Gasteiger partial charge in [-0.1, -0.05) is 19.3 Å². The van der Waals surface area contributed by atoms with E-state index < -0.39 is 0 Å². The minimum absolute atomic E-state index is 0.342. The van der Waals surface area contributed by atoms with Crippen LogP contribution in [0.1, 0.15) is 38.5 Å². The molecule has 0 radical (unpaired) electrons. The minimum atomic E-state index is 0.342. The highest BCUT2D eigenvalue weighted by Crippen LogP contribution is 2.31. The number of hydrogen-bond acceptors (Lipinski definition) is 2. The highest BCUT2D eigenvalue weighted by Gasteiger charge is 2.26. The van der Waals surface area contributed by atoms with Crippen LogP contribution in [0, 0.1) is 11.8 Å². The summed E-state index contributed by atoms with van der Waals surface area (Å²) in [5.41, 5.74) is 0. The van der Waals surface area contributed by atoms with Crippen LogP contribution in [0.4, 0.5) is 0 Å². The summed E-state index contributed by atoms with van der Waals surface area (Å²) in [5.74, 6) is 1.61. The smallest absolute Gasteiger partial charge is 0.137 e. The first-order valence-electron chi connectivity index (χ1n) is 5.59. The van der Waals surface area contributed by atoms with Gasteiger partial charge in [0, 0.05) is 18.9 Å². The van der Waals surface area contributed by atoms with Gasteiger partial charge in [0.2, 0.25) is 0 Å². The number of carbonyl (C=O) groups is 1. The van der Waals surface area contributed by atoms with Crippen molar-refractivity contribution in [1.82, 2.24) is 5.32 Å². The zero-order valence-corrected chi connectivity index (χ0v) is 8.22. The van der Waals surface area contributed by atoms with Gasteiger partial charge in [-0.3, -0.25) is 4.79 Å². The number of Topliss-reactive ketones (excluding diaryl/α,β-unsaturated/α-hetero) is 1. The fraction of sp³-hybridized carbons (Fsp3) is 0.909. The minimum Gasteiger partial charge on any atom is -0.316 e. The third-order valence-corrected chi connectivity index (χ3v) is 3.47. The summed E-state index contributed by atoms with van der Waals surface area (Å²) in [4.78, 5) is 11.8. The molecule has 0 bridgehead atoms. The second-order valence-electron chi connectivity index (χ2n) is 4.51. The molecule has 2 rings (SSSR count). The molecule has 13 heavy (non-hydrogen) atoms. The molecule has 0 aromatic heterocycles. The Morgan fingerprint density at radius 1 is 1.23 bits per heavy atom. The van der Waals surface area contributed by atoms with E-state index in [9.17, 15) is 4.79 Å². The van der Waals surface area contributed by atoms with Gasteiger partial charge < -0.3 is 5.32 Å². The van der Waals surface area contributed by atoms with E-state index in [1.54, 1.807) is 0 Å². The van der Waals surface area contributed by atoms with Gasteiger partial charge >= 0.3 is 0 Å². The summed E-state index contributed by atoms with van der Waals surface area (Å²) >= 11 is 0. The second-order valence-corrected chi connectivity index (χ2v) is 4.51. The lowest BCUT2D eigenvalue weighted by molar-refractivity contribution is -0.124. The Morgan fingerprint density at radius 3 is 2.62 bits per heavy atom. The lowest BCUT2D eigenvalue weighted by Gasteiger charge is -2.28. The van der Waals surface area contributed by atoms with Gasteiger partial charge in [0.15, 0.2) is 0 Å². The highest BCUT2D eigenvalue weighted by molar-refractivity contribution is 5.81. The molecule has 2 fully saturated rings. The fourth-order valence-electron chi connectivity index (χ4n) is 2.27. The fourth-order valence-corrected chi connectivity index (χ4v) is 2.27. The average molecular weight is 181 g/mol. The maximum atomic E-state index is 11.8. The molecule has 1 saturated heterocycles. The van der Waals surface area contributed by atoms with E-state index in [1.807, 2.05) is 0 Å². The first-order valence-corrected chi connectivity index (χ1v) is 5.59. The van der Waals surface area contributed by atoms with Gasteiger partial charge in [-0.15, -0.1) is 0 Å². The lowest BCUT2D eigenvalue weighted by Crippen LogP contribution is -2.35. The zero-order chi connectivity index (χ0) is 9.10. The van der Waals surface area contributed by atoms with Crippen molar-refractivity contribution in [1.29, 1.82) is 0 Å². The van der Waals surface area contributed by atoms with Crippen molar-refractivity contribution < 1.29 is 4.79 Å². The van der Waals surface area contributed by atoms with Crippen molar-refractivity contribution in [3.8, 4) is 0 Å². The van der Waals surface area contributed by atoms with Crippen LogP contribution in [0.2, 0.25) is 0 Å². The molecular formula is C11H19NO. The maximum absolute atomic E-state index is 11.8. The van der Waals surface area contributed by atoms with E-state index in [2.05, 4.69) is 5.32 Å². The van der Waals surface area contributed by atoms with Crippen LogP contribution in [0.15, 0.2) is 0 Å². The van der Waals surface area contributed by atoms with Crippen LogP contribution in [-0.2, 0) is 4.79 Å². The van der Waals surface area contributed by atoms with Crippen molar-refractivity contribution in [3.63, 3.8) is 0 Å². The van der Waals surface area contributed by atoms with Crippen LogP contribution < -0.4 is 5.32 Å². The van der Waals surface area contributed by atoms with Gasteiger partial charge in [0.1, 0.15) is 5.78 Å². The summed E-state index contributed by atoms with van der Waals surface area (Å²) in [5, 5.41) is 3.30. The summed E-state index contributed by atoms with van der Waals surface area (Å²) in [6.45, 7) is 2.04. The predicted octanol–water partition coefficient (Wildman–Crippen LogP) is 1.75. The molecule has 2 heteroatoms. The molecule has 1 N–H and O–H groups in total. The van der Waals surface area contributed by atoms with Crippen LogP contribution in [0.25, 0.3) is 0 Å². The molecule has 1 aliphatic carbocycles. The van der Waals surface area contributed by atoms with Crippen LogP contribution in [0.3, 0.4) is 0 Å². The molecule has 1 saturated carbocycles. The molecule has 1 unspecified atom stereocenters. The Kier molecular flexibility index (Phi) is 2.99. The van der Waals surface area contributed by atoms with Gasteiger partial charge in [-0.05, 0) is 25.3 Å². The number of rotatable bonds is 3. The van der Waals surface area contributed by atoms with E-state index in [4.69, 9.17) is 0 Å². The molecule has 2 aliphatic rings. The van der Waals surface area contributed by atoms with Crippen molar-refractivity contribution in [2.45, 2.75) is 38.5 Å². The zero-order valence-electron chi connectivity index (χ0n) is 8.22. The SMILES string of the molecule is O=C(CC1CCC1)C1CCCNC1. The summed E-state index contributed by atoms with van der Waals surface area (Å²) < 4.78 is 0. The van der Waals surface area contributed by atoms with Crippen molar-refractivity contribution >= 4 is 5.78 Å². The van der Waals surface area contributed by atoms with Gasteiger partial charge in [0.05, 0.1) is 0 Å². The number of carbonyl (C=O) groups excluding carboxylic acids is 1. The molecule has 0 aromatic carbocycles. The van der Waals surface area contributed by atoms with Crippen LogP contribution in [0.5, 0.6) is 0 Å². The summed E-state index contributed by atoms with van der Waals surface area (Å²) in [7, 11) is 0. The molecule has 0 aromatic rings. The van der Waals surface area contributed by atoms with Crippen molar-refractivity contribution in [2.24, 2.45) is 11.8 Å². The quantitative estimate of drug-likeness (QED) is 0.718. The summed E-state index contributed by atoms with van der Waals surface area (Å²) in [6, 6.07) is 0. The van der Waals surface area contributed by atoms with Gasteiger partial charge in [-0.25, -0.2) is 0 Å². The molecule has 0 spiro atoms. The lowest BCUT2D eigenvalue weighted by atomic mass is 9.79. The van der Waals surface area contributed by atoms with Crippen LogP contribution >= 0.6 is 0 Å². The van der Waals surface area contributed by atoms with Gasteiger partial charge in [0.25, 0.3) is 0 Å². The number of piperidine rings is 1. The molecule has 1 heterocycles. The van der Waals surface area contributed by atoms with E-state index in [0.717, 1.165) is 31.8 Å². The van der Waals surface area contributed by atoms with Gasteiger partial charge in [-0.2, -0.15) is 0 Å². The molecule has 0 amide bonds. The first kappa shape index (κ1) is 9.20.